The third kappa shape index (κ3) is 1.96. The number of carbonyl (C=O) groups is 3. The van der Waals surface area contributed by atoms with Gasteiger partial charge in [0.2, 0.25) is 0 Å². The fourth-order valence-electron chi connectivity index (χ4n) is 4.29. The molecule has 1 aromatic rings. The first-order valence-electron chi connectivity index (χ1n) is 8.12. The highest BCUT2D eigenvalue weighted by atomic mass is 16.5. The lowest BCUT2D eigenvalue weighted by Gasteiger charge is -2.37. The summed E-state index contributed by atoms with van der Waals surface area (Å²) in [5, 5.41) is 0. The summed E-state index contributed by atoms with van der Waals surface area (Å²) in [4.78, 5) is 36.8. The van der Waals surface area contributed by atoms with E-state index in [0.29, 0.717) is 17.7 Å². The number of ketones is 1. The van der Waals surface area contributed by atoms with Crippen molar-refractivity contribution in [3.05, 3.63) is 29.8 Å². The van der Waals surface area contributed by atoms with Crippen molar-refractivity contribution in [1.82, 2.24) is 0 Å². The second-order valence-corrected chi connectivity index (χ2v) is 7.54. The highest BCUT2D eigenvalue weighted by Gasteiger charge is 2.73. The zero-order valence-corrected chi connectivity index (χ0v) is 14.5. The molecule has 128 valence electrons. The van der Waals surface area contributed by atoms with E-state index < -0.39 is 22.2 Å². The third-order valence-electron chi connectivity index (χ3n) is 6.58. The normalized spacial score (nSPS) is 30.2. The topological polar surface area (TPSA) is 69.7 Å². The number of fused-ring (bicyclic) bond motifs is 2. The average molecular weight is 330 g/mol. The molecule has 2 aliphatic rings. The number of benzene rings is 1. The molecule has 2 bridgehead atoms. The first-order valence-corrected chi connectivity index (χ1v) is 8.12. The molecule has 0 aromatic heterocycles. The van der Waals surface area contributed by atoms with Gasteiger partial charge in [-0.2, -0.15) is 0 Å². The van der Waals surface area contributed by atoms with E-state index in [-0.39, 0.29) is 18.2 Å². The van der Waals surface area contributed by atoms with E-state index in [1.165, 1.54) is 7.11 Å². The zero-order chi connectivity index (χ0) is 17.8. The standard InChI is InChI=1S/C19H22O5/c1-17(2)18(3)9-10-19(17,11-14(18)20)16(22)24-13-7-5-12(6-8-13)15(21)23-4/h5-8H,9-11H2,1-4H3/t18-,19-/m1/s1. The van der Waals surface area contributed by atoms with Crippen molar-refractivity contribution in [2.24, 2.45) is 16.2 Å². The maximum absolute atomic E-state index is 12.9. The van der Waals surface area contributed by atoms with Crippen LogP contribution in [0.1, 0.15) is 50.4 Å². The predicted octanol–water partition coefficient (Wildman–Crippen LogP) is 3.16. The van der Waals surface area contributed by atoms with Gasteiger partial charge in [0.25, 0.3) is 0 Å². The van der Waals surface area contributed by atoms with Gasteiger partial charge in [0.15, 0.2) is 0 Å². The van der Waals surface area contributed by atoms with Gasteiger partial charge in [-0.1, -0.05) is 20.8 Å². The lowest BCUT2D eigenvalue weighted by Crippen LogP contribution is -2.42. The van der Waals surface area contributed by atoms with Gasteiger partial charge in [-0.3, -0.25) is 9.59 Å². The number of carbonyl (C=O) groups excluding carboxylic acids is 3. The number of methoxy groups -OCH3 is 1. The number of ether oxygens (including phenoxy) is 2. The van der Waals surface area contributed by atoms with Crippen LogP contribution in [0.5, 0.6) is 5.75 Å². The summed E-state index contributed by atoms with van der Waals surface area (Å²) in [6.45, 7) is 5.95. The molecule has 2 fully saturated rings. The largest absolute Gasteiger partial charge is 0.465 e. The molecule has 0 N–H and O–H groups in total. The lowest BCUT2D eigenvalue weighted by atomic mass is 9.65. The van der Waals surface area contributed by atoms with Gasteiger partial charge >= 0.3 is 11.9 Å². The summed E-state index contributed by atoms with van der Waals surface area (Å²) >= 11 is 0. The number of rotatable bonds is 3. The molecule has 2 atom stereocenters. The molecule has 0 aliphatic heterocycles. The molecule has 5 nitrogen and oxygen atoms in total. The van der Waals surface area contributed by atoms with Crippen molar-refractivity contribution >= 4 is 17.7 Å². The van der Waals surface area contributed by atoms with Crippen LogP contribution < -0.4 is 4.74 Å². The van der Waals surface area contributed by atoms with Crippen molar-refractivity contribution in [2.75, 3.05) is 7.11 Å². The molecule has 0 amide bonds. The summed E-state index contributed by atoms with van der Waals surface area (Å²) in [7, 11) is 1.31. The highest BCUT2D eigenvalue weighted by Crippen LogP contribution is 2.70. The molecule has 5 heteroatoms. The Bertz CT molecular complexity index is 718. The molecule has 24 heavy (non-hydrogen) atoms. The molecule has 1 aromatic carbocycles. The van der Waals surface area contributed by atoms with E-state index >= 15 is 0 Å². The molecule has 2 saturated carbocycles. The van der Waals surface area contributed by atoms with Crippen LogP contribution >= 0.6 is 0 Å². The minimum atomic E-state index is -0.764. The van der Waals surface area contributed by atoms with Crippen molar-refractivity contribution in [3.63, 3.8) is 0 Å². The van der Waals surface area contributed by atoms with Crippen LogP contribution in [0.4, 0.5) is 0 Å². The second kappa shape index (κ2) is 5.16. The van der Waals surface area contributed by atoms with Gasteiger partial charge in [-0.25, -0.2) is 4.79 Å². The van der Waals surface area contributed by atoms with Gasteiger partial charge in [0.1, 0.15) is 11.5 Å². The quantitative estimate of drug-likeness (QED) is 0.629. The summed E-state index contributed by atoms with van der Waals surface area (Å²) in [5.74, 6) is -0.282. The van der Waals surface area contributed by atoms with Crippen molar-refractivity contribution in [1.29, 1.82) is 0 Å². The number of esters is 2. The Labute approximate surface area is 141 Å². The van der Waals surface area contributed by atoms with Gasteiger partial charge < -0.3 is 9.47 Å². The zero-order valence-electron chi connectivity index (χ0n) is 14.5. The Morgan fingerprint density at radius 1 is 1.04 bits per heavy atom. The molecular weight excluding hydrogens is 308 g/mol. The van der Waals surface area contributed by atoms with Crippen LogP contribution in [0.2, 0.25) is 0 Å². The number of hydrogen-bond acceptors (Lipinski definition) is 5. The summed E-state index contributed by atoms with van der Waals surface area (Å²) < 4.78 is 10.2. The molecule has 2 aliphatic carbocycles. The Hall–Kier alpha value is -2.17. The Morgan fingerprint density at radius 2 is 1.67 bits per heavy atom. The lowest BCUT2D eigenvalue weighted by molar-refractivity contribution is -0.151. The van der Waals surface area contributed by atoms with E-state index in [1.807, 2.05) is 20.8 Å². The molecule has 3 rings (SSSR count). The van der Waals surface area contributed by atoms with Crippen molar-refractivity contribution in [3.8, 4) is 5.75 Å². The van der Waals surface area contributed by atoms with Gasteiger partial charge in [-0.15, -0.1) is 0 Å². The van der Waals surface area contributed by atoms with Crippen LogP contribution in [0.15, 0.2) is 24.3 Å². The van der Waals surface area contributed by atoms with E-state index in [4.69, 9.17) is 4.74 Å². The van der Waals surface area contributed by atoms with Gasteiger partial charge in [0.05, 0.1) is 18.1 Å². The highest BCUT2D eigenvalue weighted by molar-refractivity contribution is 5.98. The van der Waals surface area contributed by atoms with Gasteiger partial charge in [0, 0.05) is 11.8 Å². The second-order valence-electron chi connectivity index (χ2n) is 7.54. The summed E-state index contributed by atoms with van der Waals surface area (Å²) in [6, 6.07) is 6.24. The van der Waals surface area contributed by atoms with E-state index in [9.17, 15) is 14.4 Å². The SMILES string of the molecule is COC(=O)c1ccc(OC(=O)[C@@]23CC[C@](C)(C(=O)C2)C3(C)C)cc1. The van der Waals surface area contributed by atoms with E-state index in [2.05, 4.69) is 4.74 Å². The van der Waals surface area contributed by atoms with Crippen LogP contribution in [-0.4, -0.2) is 24.8 Å². The number of hydrogen-bond donors (Lipinski definition) is 0. The fourth-order valence-corrected chi connectivity index (χ4v) is 4.29. The smallest absolute Gasteiger partial charge is 0.337 e. The molecule has 0 radical (unpaired) electrons. The summed E-state index contributed by atoms with van der Waals surface area (Å²) in [6.07, 6.45) is 1.63. The molecule has 0 heterocycles. The third-order valence-corrected chi connectivity index (χ3v) is 6.58. The van der Waals surface area contributed by atoms with Gasteiger partial charge in [-0.05, 0) is 42.5 Å². The maximum atomic E-state index is 12.9. The average Bonchev–Trinajstić information content (AvgIpc) is 2.85. The first kappa shape index (κ1) is 16.7. The Morgan fingerprint density at radius 3 is 2.12 bits per heavy atom. The van der Waals surface area contributed by atoms with Crippen LogP contribution in [0, 0.1) is 16.2 Å². The van der Waals surface area contributed by atoms with E-state index in [1.54, 1.807) is 24.3 Å². The minimum Gasteiger partial charge on any atom is -0.465 e. The number of Topliss-reactive ketones (excluding diaryl/α,β-unsaturated/α-hetero) is 1. The summed E-state index contributed by atoms with van der Waals surface area (Å²) in [5.41, 5.74) is -1.26. The van der Waals surface area contributed by atoms with Crippen LogP contribution in [0.3, 0.4) is 0 Å². The monoisotopic (exact) mass is 330 g/mol. The van der Waals surface area contributed by atoms with Crippen molar-refractivity contribution in [2.45, 2.75) is 40.0 Å². The van der Waals surface area contributed by atoms with Crippen LogP contribution in [-0.2, 0) is 14.3 Å². The fraction of sp³-hybridized carbons (Fsp3) is 0.526. The Balaban J connectivity index is 1.83. The van der Waals surface area contributed by atoms with Crippen LogP contribution in [0.25, 0.3) is 0 Å². The molecular formula is C19H22O5. The van der Waals surface area contributed by atoms with E-state index in [0.717, 1.165) is 6.42 Å². The molecule has 0 unspecified atom stereocenters. The maximum Gasteiger partial charge on any atom is 0.337 e. The molecule has 0 spiro atoms. The predicted molar refractivity (Wildman–Crippen MR) is 86.6 cm³/mol. The minimum absolute atomic E-state index is 0.150. The first-order chi connectivity index (χ1) is 11.2. The molecule has 0 saturated heterocycles. The van der Waals surface area contributed by atoms with Crippen molar-refractivity contribution < 1.29 is 23.9 Å². The Kier molecular flexibility index (Phi) is 3.59.